The second-order valence-corrected chi connectivity index (χ2v) is 12.7. The lowest BCUT2D eigenvalue weighted by molar-refractivity contribution is -0.167. The molecule has 0 bridgehead atoms. The number of fused-ring (bicyclic) bond motifs is 1. The number of imidazole rings is 1. The van der Waals surface area contributed by atoms with Crippen molar-refractivity contribution in [3.8, 4) is 11.1 Å². The maximum Gasteiger partial charge on any atom is 0.471 e. The van der Waals surface area contributed by atoms with E-state index in [1.807, 2.05) is 34.1 Å². The van der Waals surface area contributed by atoms with E-state index in [1.165, 1.54) is 12.1 Å². The SMILES string of the molecule is CC(C)(C)OC(C)(C)C.CCCCc1nc2ccc(NC(=O)C(F)(F)F)cc2n1Cc1ccc(-c2ccccc2C(=O)O)cc1. The molecule has 3 aromatic carbocycles. The van der Waals surface area contributed by atoms with Gasteiger partial charge in [-0.15, -0.1) is 0 Å². The average Bonchev–Trinajstić information content (AvgIpc) is 3.26. The minimum atomic E-state index is -4.98. The molecule has 1 amide bonds. The number of aromatic nitrogens is 2. The fourth-order valence-corrected chi connectivity index (χ4v) is 4.97. The van der Waals surface area contributed by atoms with Crippen molar-refractivity contribution in [3.05, 3.63) is 83.7 Å². The fraction of sp³-hybridized carbons (Fsp3) is 0.400. The van der Waals surface area contributed by atoms with Crippen LogP contribution in [0.1, 0.15) is 83.1 Å². The van der Waals surface area contributed by atoms with Gasteiger partial charge < -0.3 is 19.7 Å². The van der Waals surface area contributed by atoms with Crippen molar-refractivity contribution in [1.29, 1.82) is 0 Å². The number of aromatic carboxylic acids is 1. The van der Waals surface area contributed by atoms with Gasteiger partial charge in [0.2, 0.25) is 0 Å². The highest BCUT2D eigenvalue weighted by molar-refractivity contribution is 5.97. The zero-order valence-electron chi connectivity index (χ0n) is 26.9. The molecule has 2 N–H and O–H groups in total. The number of carboxylic acid groups (broad SMARTS) is 1. The molecule has 0 aliphatic heterocycles. The topological polar surface area (TPSA) is 93.5 Å². The number of carbonyl (C=O) groups excluding carboxylic acids is 1. The number of unbranched alkanes of at least 4 members (excludes halogenated alkanes) is 1. The van der Waals surface area contributed by atoms with E-state index < -0.39 is 18.1 Å². The minimum Gasteiger partial charge on any atom is -0.478 e. The van der Waals surface area contributed by atoms with Crippen molar-refractivity contribution in [1.82, 2.24) is 9.55 Å². The molecule has 1 aromatic heterocycles. The number of anilines is 1. The summed E-state index contributed by atoms with van der Waals surface area (Å²) in [6.07, 6.45) is -2.44. The van der Waals surface area contributed by atoms with E-state index in [4.69, 9.17) is 4.74 Å². The number of benzene rings is 3. The number of alkyl halides is 3. The van der Waals surface area contributed by atoms with Gasteiger partial charge in [0.1, 0.15) is 5.82 Å². The van der Waals surface area contributed by atoms with Gasteiger partial charge >= 0.3 is 18.1 Å². The lowest BCUT2D eigenvalue weighted by Gasteiger charge is -2.30. The summed E-state index contributed by atoms with van der Waals surface area (Å²) in [4.78, 5) is 27.7. The van der Waals surface area contributed by atoms with E-state index in [0.717, 1.165) is 29.8 Å². The number of nitrogens with zero attached hydrogens (tertiary/aromatic N) is 2. The molecule has 7 nitrogen and oxygen atoms in total. The zero-order valence-corrected chi connectivity index (χ0v) is 26.9. The number of carboxylic acids is 1. The van der Waals surface area contributed by atoms with Gasteiger partial charge in [0, 0.05) is 18.7 Å². The van der Waals surface area contributed by atoms with Gasteiger partial charge in [0.05, 0.1) is 27.8 Å². The molecule has 4 aromatic rings. The maximum atomic E-state index is 12.7. The van der Waals surface area contributed by atoms with Crippen LogP contribution in [-0.4, -0.2) is 43.9 Å². The number of amides is 1. The summed E-state index contributed by atoms with van der Waals surface area (Å²) in [5.74, 6) is -2.24. The van der Waals surface area contributed by atoms with E-state index in [2.05, 4.69) is 53.5 Å². The molecule has 0 aliphatic rings. The minimum absolute atomic E-state index is 0.0156. The van der Waals surface area contributed by atoms with Crippen LogP contribution in [0, 0.1) is 0 Å². The molecule has 0 fully saturated rings. The van der Waals surface area contributed by atoms with E-state index in [9.17, 15) is 27.9 Å². The van der Waals surface area contributed by atoms with Gasteiger partial charge in [-0.05, 0) is 88.9 Å². The summed E-state index contributed by atoms with van der Waals surface area (Å²) in [5.41, 5.74) is 3.73. The number of rotatable bonds is 8. The molecule has 1 heterocycles. The van der Waals surface area contributed by atoms with Gasteiger partial charge in [-0.2, -0.15) is 13.2 Å². The van der Waals surface area contributed by atoms with E-state index in [0.29, 0.717) is 29.6 Å². The van der Waals surface area contributed by atoms with Gasteiger partial charge in [-0.3, -0.25) is 4.79 Å². The Hall–Kier alpha value is -4.18. The number of hydrogen-bond donors (Lipinski definition) is 2. The van der Waals surface area contributed by atoms with Crippen LogP contribution in [0.4, 0.5) is 18.9 Å². The molecule has 242 valence electrons. The van der Waals surface area contributed by atoms with Gasteiger partial charge in [-0.1, -0.05) is 55.8 Å². The maximum absolute atomic E-state index is 12.7. The molecule has 0 atom stereocenters. The number of ether oxygens (including phenoxy) is 1. The molecule has 10 heteroatoms. The molecule has 0 radical (unpaired) electrons. The summed E-state index contributed by atoms with van der Waals surface area (Å²) < 4.78 is 45.7. The van der Waals surface area contributed by atoms with Crippen molar-refractivity contribution in [3.63, 3.8) is 0 Å². The molecule has 45 heavy (non-hydrogen) atoms. The van der Waals surface area contributed by atoms with Crippen molar-refractivity contribution in [2.75, 3.05) is 5.32 Å². The third-order valence-electron chi connectivity index (χ3n) is 6.47. The lowest BCUT2D eigenvalue weighted by atomic mass is 9.99. The highest BCUT2D eigenvalue weighted by Crippen LogP contribution is 2.27. The summed E-state index contributed by atoms with van der Waals surface area (Å²) >= 11 is 0. The normalized spacial score (nSPS) is 12.0. The van der Waals surface area contributed by atoms with Crippen LogP contribution in [0.5, 0.6) is 0 Å². The third kappa shape index (κ3) is 10.5. The summed E-state index contributed by atoms with van der Waals surface area (Å²) in [7, 11) is 0. The van der Waals surface area contributed by atoms with Gasteiger partial charge in [0.15, 0.2) is 0 Å². The number of nitrogens with one attached hydrogen (secondary N) is 1. The van der Waals surface area contributed by atoms with Crippen LogP contribution < -0.4 is 5.32 Å². The van der Waals surface area contributed by atoms with Crippen LogP contribution in [0.2, 0.25) is 0 Å². The van der Waals surface area contributed by atoms with Gasteiger partial charge in [0.25, 0.3) is 0 Å². The summed E-state index contributed by atoms with van der Waals surface area (Å²) in [5, 5.41) is 11.4. The predicted octanol–water partition coefficient (Wildman–Crippen LogP) is 8.89. The Morgan fingerprint density at radius 2 is 1.53 bits per heavy atom. The Morgan fingerprint density at radius 1 is 0.911 bits per heavy atom. The molecule has 0 aliphatic carbocycles. The fourth-order valence-electron chi connectivity index (χ4n) is 4.97. The predicted molar refractivity (Wildman–Crippen MR) is 172 cm³/mol. The smallest absolute Gasteiger partial charge is 0.471 e. The van der Waals surface area contributed by atoms with Crippen molar-refractivity contribution < 1.29 is 32.6 Å². The largest absolute Gasteiger partial charge is 0.478 e. The quantitative estimate of drug-likeness (QED) is 0.204. The first-order valence-corrected chi connectivity index (χ1v) is 14.9. The van der Waals surface area contributed by atoms with E-state index in [1.54, 1.807) is 30.3 Å². The van der Waals surface area contributed by atoms with Crippen LogP contribution in [0.15, 0.2) is 66.7 Å². The molecule has 0 saturated heterocycles. The molecule has 4 rings (SSSR count). The van der Waals surface area contributed by atoms with Crippen molar-refractivity contribution >= 4 is 28.6 Å². The van der Waals surface area contributed by atoms with Gasteiger partial charge in [-0.25, -0.2) is 9.78 Å². The number of hydrogen-bond acceptors (Lipinski definition) is 4. The van der Waals surface area contributed by atoms with Crippen molar-refractivity contribution in [2.24, 2.45) is 0 Å². The first-order valence-electron chi connectivity index (χ1n) is 14.9. The average molecular weight is 626 g/mol. The molecule has 0 saturated carbocycles. The summed E-state index contributed by atoms with van der Waals surface area (Å²) in [6, 6.07) is 18.7. The molecule has 0 spiro atoms. The Balaban J connectivity index is 0.000000535. The Morgan fingerprint density at radius 3 is 2.07 bits per heavy atom. The second kappa shape index (κ2) is 14.3. The number of halogens is 3. The van der Waals surface area contributed by atoms with Crippen LogP contribution >= 0.6 is 0 Å². The standard InChI is InChI=1S/C27H24F3N3O3.C8H18O/c1-2-3-8-24-32-22-14-13-19(31-26(36)27(28,29)30)15-23(22)33(24)16-17-9-11-18(12-10-17)20-6-4-5-7-21(20)25(34)35;1-7(2,3)9-8(4,5)6/h4-7,9-15H,2-3,8,16H2,1H3,(H,31,36)(H,34,35);1-6H3. The highest BCUT2D eigenvalue weighted by atomic mass is 19.4. The Bertz CT molecular complexity index is 1600. The van der Waals surface area contributed by atoms with E-state index >= 15 is 0 Å². The third-order valence-corrected chi connectivity index (χ3v) is 6.47. The number of carbonyl (C=O) groups is 2. The van der Waals surface area contributed by atoms with Crippen LogP contribution in [0.25, 0.3) is 22.2 Å². The molecular formula is C35H42F3N3O4. The first kappa shape index (κ1) is 35.3. The zero-order chi connectivity index (χ0) is 33.6. The molecular weight excluding hydrogens is 583 g/mol. The van der Waals surface area contributed by atoms with Crippen molar-refractivity contribution in [2.45, 2.75) is 91.7 Å². The second-order valence-electron chi connectivity index (χ2n) is 12.7. The summed E-state index contributed by atoms with van der Waals surface area (Å²) in [6.45, 7) is 14.9. The lowest BCUT2D eigenvalue weighted by Crippen LogP contribution is -2.31. The Labute approximate surface area is 262 Å². The van der Waals surface area contributed by atoms with E-state index in [-0.39, 0.29) is 22.5 Å². The Kier molecular flexibility index (Phi) is 11.2. The first-order chi connectivity index (χ1) is 20.9. The van der Waals surface area contributed by atoms with Crippen LogP contribution in [0.3, 0.4) is 0 Å². The monoisotopic (exact) mass is 625 g/mol. The van der Waals surface area contributed by atoms with Crippen LogP contribution in [-0.2, 0) is 22.5 Å². The number of aryl methyl sites for hydroxylation is 1. The highest BCUT2D eigenvalue weighted by Gasteiger charge is 2.38. The molecule has 0 unspecified atom stereocenters.